The molecule has 18 heavy (non-hydrogen) atoms. The summed E-state index contributed by atoms with van der Waals surface area (Å²) in [5.74, 6) is 0. The van der Waals surface area contributed by atoms with Crippen molar-refractivity contribution in [3.8, 4) is 0 Å². The highest BCUT2D eigenvalue weighted by Gasteiger charge is 2.36. The fourth-order valence-electron chi connectivity index (χ4n) is 1.26. The standard InChI is InChI=1S/C9H4BrClF5NO/c10-2-3-1-4(9(14,15)16)17-6(7(11)18)5(3)8(12)13/h1,8H,2H2. The molecule has 9 heteroatoms. The fourth-order valence-corrected chi connectivity index (χ4v) is 1.86. The summed E-state index contributed by atoms with van der Waals surface area (Å²) >= 11 is 7.76. The van der Waals surface area contributed by atoms with Crippen LogP contribution in [0, 0.1) is 0 Å². The van der Waals surface area contributed by atoms with Crippen molar-refractivity contribution in [3.05, 3.63) is 28.6 Å². The van der Waals surface area contributed by atoms with Gasteiger partial charge in [-0.05, 0) is 23.2 Å². The summed E-state index contributed by atoms with van der Waals surface area (Å²) in [6.07, 6.45) is -8.00. The normalized spacial score (nSPS) is 12.0. The summed E-state index contributed by atoms with van der Waals surface area (Å²) in [4.78, 5) is 13.8. The van der Waals surface area contributed by atoms with E-state index in [2.05, 4.69) is 20.9 Å². The maximum atomic E-state index is 12.7. The Labute approximate surface area is 111 Å². The molecule has 0 atom stereocenters. The average Bonchev–Trinajstić information content (AvgIpc) is 2.25. The van der Waals surface area contributed by atoms with Crippen LogP contribution in [0.3, 0.4) is 0 Å². The van der Waals surface area contributed by atoms with Gasteiger partial charge in [0.1, 0.15) is 11.4 Å². The molecule has 0 spiro atoms. The third-order valence-electron chi connectivity index (χ3n) is 1.98. The summed E-state index contributed by atoms with van der Waals surface area (Å²) in [5, 5.41) is -1.74. The Morgan fingerprint density at radius 2 is 2.00 bits per heavy atom. The second kappa shape index (κ2) is 5.48. The van der Waals surface area contributed by atoms with Gasteiger partial charge in [-0.25, -0.2) is 13.8 Å². The van der Waals surface area contributed by atoms with Gasteiger partial charge >= 0.3 is 6.18 Å². The van der Waals surface area contributed by atoms with E-state index in [0.717, 1.165) is 0 Å². The van der Waals surface area contributed by atoms with Crippen LogP contribution in [-0.2, 0) is 11.5 Å². The molecule has 0 saturated heterocycles. The smallest absolute Gasteiger partial charge is 0.274 e. The van der Waals surface area contributed by atoms with E-state index >= 15 is 0 Å². The van der Waals surface area contributed by atoms with E-state index in [1.54, 1.807) is 0 Å². The molecule has 0 N–H and O–H groups in total. The molecule has 0 fully saturated rings. The van der Waals surface area contributed by atoms with Crippen LogP contribution in [-0.4, -0.2) is 10.2 Å². The van der Waals surface area contributed by atoms with Crippen molar-refractivity contribution >= 4 is 32.8 Å². The minimum absolute atomic E-state index is 0.282. The van der Waals surface area contributed by atoms with Crippen LogP contribution in [0.1, 0.15) is 33.7 Å². The molecule has 0 amide bonds. The van der Waals surface area contributed by atoms with Crippen LogP contribution in [0.15, 0.2) is 6.07 Å². The molecule has 0 aromatic carbocycles. The van der Waals surface area contributed by atoms with Crippen LogP contribution in [0.2, 0.25) is 0 Å². The second-order valence-corrected chi connectivity index (χ2v) is 4.04. The van der Waals surface area contributed by atoms with E-state index in [1.807, 2.05) is 0 Å². The Balaban J connectivity index is 3.59. The molecular weight excluding hydrogens is 348 g/mol. The van der Waals surface area contributed by atoms with Crippen LogP contribution in [0.25, 0.3) is 0 Å². The minimum Gasteiger partial charge on any atom is -0.274 e. The van der Waals surface area contributed by atoms with Crippen molar-refractivity contribution in [1.82, 2.24) is 4.98 Å². The Morgan fingerprint density at radius 3 is 2.33 bits per heavy atom. The van der Waals surface area contributed by atoms with Crippen LogP contribution in [0.4, 0.5) is 22.0 Å². The Bertz CT molecular complexity index is 477. The number of pyridine rings is 1. The third-order valence-corrected chi connectivity index (χ3v) is 2.77. The zero-order chi connectivity index (χ0) is 14.1. The summed E-state index contributed by atoms with van der Waals surface area (Å²) in [6, 6.07) is 0.458. The van der Waals surface area contributed by atoms with Crippen molar-refractivity contribution in [2.75, 3.05) is 0 Å². The number of carbonyl (C=O) groups is 1. The molecule has 2 nitrogen and oxygen atoms in total. The zero-order valence-corrected chi connectivity index (χ0v) is 10.7. The van der Waals surface area contributed by atoms with E-state index in [0.29, 0.717) is 6.07 Å². The monoisotopic (exact) mass is 351 g/mol. The van der Waals surface area contributed by atoms with Crippen molar-refractivity contribution < 1.29 is 26.7 Å². The molecule has 0 aliphatic heterocycles. The van der Waals surface area contributed by atoms with Crippen LogP contribution < -0.4 is 0 Å². The van der Waals surface area contributed by atoms with Gasteiger partial charge in [-0.2, -0.15) is 13.2 Å². The lowest BCUT2D eigenvalue weighted by Gasteiger charge is -2.13. The quantitative estimate of drug-likeness (QED) is 0.461. The van der Waals surface area contributed by atoms with E-state index in [1.165, 1.54) is 0 Å². The van der Waals surface area contributed by atoms with Crippen LogP contribution >= 0.6 is 27.5 Å². The summed E-state index contributed by atoms with van der Waals surface area (Å²) in [6.45, 7) is 0. The topological polar surface area (TPSA) is 30.0 Å². The van der Waals surface area contributed by atoms with Gasteiger partial charge in [0, 0.05) is 5.33 Å². The van der Waals surface area contributed by atoms with E-state index < -0.39 is 34.8 Å². The average molecular weight is 352 g/mol. The lowest BCUT2D eigenvalue weighted by molar-refractivity contribution is -0.141. The Morgan fingerprint density at radius 1 is 1.44 bits per heavy atom. The first-order valence-electron chi connectivity index (χ1n) is 4.33. The van der Waals surface area contributed by atoms with Crippen molar-refractivity contribution in [2.45, 2.75) is 17.9 Å². The summed E-state index contributed by atoms with van der Waals surface area (Å²) < 4.78 is 62.8. The molecule has 1 aromatic rings. The Kier molecular flexibility index (Phi) is 4.66. The number of aromatic nitrogens is 1. The lowest BCUT2D eigenvalue weighted by atomic mass is 10.1. The zero-order valence-electron chi connectivity index (χ0n) is 8.36. The highest BCUT2D eigenvalue weighted by atomic mass is 79.9. The molecule has 0 radical (unpaired) electrons. The molecule has 0 unspecified atom stereocenters. The predicted octanol–water partition coefficient (Wildman–Crippen LogP) is 4.31. The number of hydrogen-bond acceptors (Lipinski definition) is 2. The summed E-state index contributed by atoms with van der Waals surface area (Å²) in [5.41, 5.74) is -3.78. The first-order valence-corrected chi connectivity index (χ1v) is 5.83. The number of nitrogens with zero attached hydrogens (tertiary/aromatic N) is 1. The van der Waals surface area contributed by atoms with Crippen molar-refractivity contribution in [1.29, 1.82) is 0 Å². The molecular formula is C9H4BrClF5NO. The van der Waals surface area contributed by atoms with Crippen LogP contribution in [0.5, 0.6) is 0 Å². The number of hydrogen-bond donors (Lipinski definition) is 0. The first kappa shape index (κ1) is 15.3. The number of carbonyl (C=O) groups excluding carboxylic acids is 1. The van der Waals surface area contributed by atoms with E-state index in [9.17, 15) is 26.7 Å². The third kappa shape index (κ3) is 3.17. The molecule has 100 valence electrons. The maximum Gasteiger partial charge on any atom is 0.433 e. The Hall–Kier alpha value is -0.760. The highest BCUT2D eigenvalue weighted by molar-refractivity contribution is 9.08. The predicted molar refractivity (Wildman–Crippen MR) is 57.0 cm³/mol. The fraction of sp³-hybridized carbons (Fsp3) is 0.333. The van der Waals surface area contributed by atoms with E-state index in [-0.39, 0.29) is 10.9 Å². The van der Waals surface area contributed by atoms with Gasteiger partial charge in [0.05, 0.1) is 5.56 Å². The molecule has 0 saturated carbocycles. The van der Waals surface area contributed by atoms with Gasteiger partial charge in [0.25, 0.3) is 11.7 Å². The molecule has 0 aliphatic rings. The number of alkyl halides is 6. The molecule has 1 rings (SSSR count). The number of halogens is 7. The maximum absolute atomic E-state index is 12.7. The van der Waals surface area contributed by atoms with Gasteiger partial charge in [0.15, 0.2) is 0 Å². The van der Waals surface area contributed by atoms with Crippen molar-refractivity contribution in [3.63, 3.8) is 0 Å². The minimum atomic E-state index is -4.85. The van der Waals surface area contributed by atoms with Gasteiger partial charge in [-0.15, -0.1) is 0 Å². The summed E-state index contributed by atoms with van der Waals surface area (Å²) in [7, 11) is 0. The first-order chi connectivity index (χ1) is 8.18. The van der Waals surface area contributed by atoms with Gasteiger partial charge in [0.2, 0.25) is 0 Å². The highest BCUT2D eigenvalue weighted by Crippen LogP contribution is 2.34. The van der Waals surface area contributed by atoms with Gasteiger partial charge in [-0.1, -0.05) is 15.9 Å². The van der Waals surface area contributed by atoms with E-state index in [4.69, 9.17) is 11.6 Å². The molecule has 0 bridgehead atoms. The lowest BCUT2D eigenvalue weighted by Crippen LogP contribution is -2.15. The second-order valence-electron chi connectivity index (χ2n) is 3.13. The largest absolute Gasteiger partial charge is 0.433 e. The number of rotatable bonds is 3. The molecule has 1 aromatic heterocycles. The van der Waals surface area contributed by atoms with Gasteiger partial charge < -0.3 is 0 Å². The molecule has 0 aliphatic carbocycles. The molecule has 1 heterocycles. The SMILES string of the molecule is O=C(Cl)c1nc(C(F)(F)F)cc(CBr)c1C(F)F. The van der Waals surface area contributed by atoms with Crippen molar-refractivity contribution in [2.24, 2.45) is 0 Å². The van der Waals surface area contributed by atoms with Gasteiger partial charge in [-0.3, -0.25) is 4.79 Å².